The molecule has 2 heterocycles. The highest BCUT2D eigenvalue weighted by atomic mass is 35.5. The molecule has 3 atom stereocenters. The molecule has 4 nitrogen and oxygen atoms in total. The standard InChI is InChI=1S/C22H25ClO4S/c1-26-16-4-2-13(3-5-16)8-14-9-19(22-18(21(14)23)6-7-28-22)20-11-15(25)10-17(12-24)27-20/h2-5,9,15,17,20,24-25H,6-8,10-12H2,1H3. The van der Waals surface area contributed by atoms with Crippen molar-refractivity contribution in [2.45, 2.75) is 48.9 Å². The minimum absolute atomic E-state index is 0.0742. The summed E-state index contributed by atoms with van der Waals surface area (Å²) in [5.74, 6) is 1.84. The molecule has 2 N–H and O–H groups in total. The van der Waals surface area contributed by atoms with Gasteiger partial charge in [-0.1, -0.05) is 29.8 Å². The SMILES string of the molecule is COc1ccc(Cc2cc(C3CC(O)CC(CO)O3)c3c(c2Cl)CCS3)cc1. The molecule has 2 aliphatic rings. The van der Waals surface area contributed by atoms with Crippen molar-refractivity contribution in [2.75, 3.05) is 19.5 Å². The maximum absolute atomic E-state index is 10.3. The van der Waals surface area contributed by atoms with E-state index in [1.807, 2.05) is 23.9 Å². The summed E-state index contributed by atoms with van der Waals surface area (Å²) in [5.41, 5.74) is 4.53. The minimum atomic E-state index is -0.460. The molecule has 2 aromatic carbocycles. The van der Waals surface area contributed by atoms with Crippen LogP contribution in [0.4, 0.5) is 0 Å². The maximum atomic E-state index is 10.3. The molecule has 2 aromatic rings. The fourth-order valence-electron chi connectivity index (χ4n) is 4.07. The Morgan fingerprint density at radius 3 is 2.75 bits per heavy atom. The first-order chi connectivity index (χ1) is 13.6. The summed E-state index contributed by atoms with van der Waals surface area (Å²) in [6.07, 6.45) is 1.71. The summed E-state index contributed by atoms with van der Waals surface area (Å²) in [7, 11) is 1.66. The molecule has 2 aliphatic heterocycles. The topological polar surface area (TPSA) is 58.9 Å². The van der Waals surface area contributed by atoms with Crippen LogP contribution in [0.1, 0.15) is 41.2 Å². The van der Waals surface area contributed by atoms with Gasteiger partial charge in [-0.2, -0.15) is 0 Å². The van der Waals surface area contributed by atoms with Crippen LogP contribution in [0.15, 0.2) is 35.2 Å². The average molecular weight is 421 g/mol. The van der Waals surface area contributed by atoms with Crippen molar-refractivity contribution < 1.29 is 19.7 Å². The Balaban J connectivity index is 1.69. The summed E-state index contributed by atoms with van der Waals surface area (Å²) in [5, 5.41) is 20.6. The van der Waals surface area contributed by atoms with E-state index in [4.69, 9.17) is 21.1 Å². The molecule has 0 amide bonds. The van der Waals surface area contributed by atoms with E-state index in [1.165, 1.54) is 10.5 Å². The molecule has 1 saturated heterocycles. The first kappa shape index (κ1) is 20.0. The van der Waals surface area contributed by atoms with Crippen molar-refractivity contribution in [1.82, 2.24) is 0 Å². The van der Waals surface area contributed by atoms with Crippen LogP contribution in [0.25, 0.3) is 0 Å². The highest BCUT2D eigenvalue weighted by molar-refractivity contribution is 7.99. The zero-order chi connectivity index (χ0) is 19.7. The van der Waals surface area contributed by atoms with E-state index in [0.29, 0.717) is 12.8 Å². The number of ether oxygens (including phenoxy) is 2. The van der Waals surface area contributed by atoms with Crippen LogP contribution >= 0.6 is 23.4 Å². The molecule has 0 saturated carbocycles. The number of benzene rings is 2. The summed E-state index contributed by atoms with van der Waals surface area (Å²) in [6, 6.07) is 10.2. The first-order valence-corrected chi connectivity index (χ1v) is 11.0. The third-order valence-electron chi connectivity index (χ3n) is 5.49. The molecular weight excluding hydrogens is 396 g/mol. The van der Waals surface area contributed by atoms with Crippen LogP contribution in [0, 0.1) is 0 Å². The maximum Gasteiger partial charge on any atom is 0.118 e. The molecular formula is C22H25ClO4S. The van der Waals surface area contributed by atoms with Crippen molar-refractivity contribution in [1.29, 1.82) is 0 Å². The molecule has 0 aliphatic carbocycles. The summed E-state index contributed by atoms with van der Waals surface area (Å²) < 4.78 is 11.4. The number of hydrogen-bond donors (Lipinski definition) is 2. The van der Waals surface area contributed by atoms with Gasteiger partial charge in [-0.15, -0.1) is 11.8 Å². The lowest BCUT2D eigenvalue weighted by Gasteiger charge is -2.33. The van der Waals surface area contributed by atoms with Crippen molar-refractivity contribution >= 4 is 23.4 Å². The third-order valence-corrected chi connectivity index (χ3v) is 7.14. The molecule has 28 heavy (non-hydrogen) atoms. The molecule has 1 fully saturated rings. The minimum Gasteiger partial charge on any atom is -0.497 e. The normalized spacial score (nSPS) is 24.2. The lowest BCUT2D eigenvalue weighted by Crippen LogP contribution is -2.33. The van der Waals surface area contributed by atoms with Crippen molar-refractivity contribution in [3.63, 3.8) is 0 Å². The largest absolute Gasteiger partial charge is 0.497 e. The number of aliphatic hydroxyl groups excluding tert-OH is 2. The van der Waals surface area contributed by atoms with Gasteiger partial charge in [0, 0.05) is 28.5 Å². The van der Waals surface area contributed by atoms with E-state index in [-0.39, 0.29) is 18.8 Å². The predicted octanol–water partition coefficient (Wildman–Crippen LogP) is 4.16. The Labute approximate surface area is 174 Å². The van der Waals surface area contributed by atoms with Gasteiger partial charge >= 0.3 is 0 Å². The van der Waals surface area contributed by atoms with Gasteiger partial charge in [-0.05, 0) is 47.2 Å². The van der Waals surface area contributed by atoms with Crippen LogP contribution < -0.4 is 4.74 Å². The number of methoxy groups -OCH3 is 1. The smallest absolute Gasteiger partial charge is 0.118 e. The molecule has 0 aromatic heterocycles. The molecule has 4 rings (SSSR count). The van der Waals surface area contributed by atoms with Crippen LogP contribution in [0.2, 0.25) is 5.02 Å². The fraction of sp³-hybridized carbons (Fsp3) is 0.455. The van der Waals surface area contributed by atoms with Crippen molar-refractivity contribution in [3.8, 4) is 5.75 Å². The van der Waals surface area contributed by atoms with Crippen molar-refractivity contribution in [2.24, 2.45) is 0 Å². The van der Waals surface area contributed by atoms with Gasteiger partial charge in [-0.3, -0.25) is 0 Å². The molecule has 6 heteroatoms. The predicted molar refractivity (Wildman–Crippen MR) is 112 cm³/mol. The number of aliphatic hydroxyl groups is 2. The van der Waals surface area contributed by atoms with Gasteiger partial charge in [0.15, 0.2) is 0 Å². The van der Waals surface area contributed by atoms with Crippen molar-refractivity contribution in [3.05, 3.63) is 57.6 Å². The number of rotatable bonds is 5. The van der Waals surface area contributed by atoms with E-state index in [9.17, 15) is 10.2 Å². The van der Waals surface area contributed by atoms with Gasteiger partial charge in [-0.25, -0.2) is 0 Å². The molecule has 0 spiro atoms. The Bertz CT molecular complexity index is 839. The molecule has 0 radical (unpaired) electrons. The van der Waals surface area contributed by atoms with Crippen LogP contribution in [-0.4, -0.2) is 41.9 Å². The molecule has 0 bridgehead atoms. The summed E-state index contributed by atoms with van der Waals surface area (Å²) in [4.78, 5) is 1.19. The third kappa shape index (κ3) is 4.05. The van der Waals surface area contributed by atoms with Gasteiger partial charge in [0.1, 0.15) is 5.75 Å². The fourth-order valence-corrected chi connectivity index (χ4v) is 5.68. The average Bonchev–Trinajstić information content (AvgIpc) is 3.20. The van der Waals surface area contributed by atoms with Crippen LogP contribution in [0.3, 0.4) is 0 Å². The Morgan fingerprint density at radius 2 is 2.04 bits per heavy atom. The number of halogens is 1. The second-order valence-corrected chi connectivity index (χ2v) is 8.91. The summed E-state index contributed by atoms with van der Waals surface area (Å²) in [6.45, 7) is -0.0742. The Morgan fingerprint density at radius 1 is 1.25 bits per heavy atom. The van der Waals surface area contributed by atoms with Crippen LogP contribution in [0.5, 0.6) is 5.75 Å². The molecule has 3 unspecified atom stereocenters. The zero-order valence-electron chi connectivity index (χ0n) is 15.9. The highest BCUT2D eigenvalue weighted by Crippen LogP contribution is 2.46. The first-order valence-electron chi connectivity index (χ1n) is 9.63. The second-order valence-electron chi connectivity index (χ2n) is 7.42. The summed E-state index contributed by atoms with van der Waals surface area (Å²) >= 11 is 8.60. The van der Waals surface area contributed by atoms with Gasteiger partial charge in [0.2, 0.25) is 0 Å². The van der Waals surface area contributed by atoms with E-state index in [0.717, 1.165) is 46.1 Å². The monoisotopic (exact) mass is 420 g/mol. The quantitative estimate of drug-likeness (QED) is 0.760. The number of fused-ring (bicyclic) bond motifs is 1. The van der Waals surface area contributed by atoms with Gasteiger partial charge < -0.3 is 19.7 Å². The van der Waals surface area contributed by atoms with E-state index in [2.05, 4.69) is 18.2 Å². The zero-order valence-corrected chi connectivity index (χ0v) is 17.4. The van der Waals surface area contributed by atoms with Gasteiger partial charge in [0.05, 0.1) is 32.0 Å². The highest BCUT2D eigenvalue weighted by Gasteiger charge is 2.33. The lowest BCUT2D eigenvalue weighted by molar-refractivity contribution is -0.114. The molecule has 150 valence electrons. The second kappa shape index (κ2) is 8.64. The van der Waals surface area contributed by atoms with E-state index in [1.54, 1.807) is 7.11 Å². The van der Waals surface area contributed by atoms with Gasteiger partial charge in [0.25, 0.3) is 0 Å². The Hall–Kier alpha value is -1.24. The van der Waals surface area contributed by atoms with Crippen LogP contribution in [-0.2, 0) is 17.6 Å². The van der Waals surface area contributed by atoms with E-state index < -0.39 is 6.10 Å². The number of thioether (sulfide) groups is 1. The lowest BCUT2D eigenvalue weighted by atomic mass is 9.91. The number of hydrogen-bond acceptors (Lipinski definition) is 5. The van der Waals surface area contributed by atoms with E-state index >= 15 is 0 Å². The Kier molecular flexibility index (Phi) is 6.18.